The Morgan fingerprint density at radius 1 is 1.50 bits per heavy atom. The van der Waals surface area contributed by atoms with Gasteiger partial charge in [0.1, 0.15) is 5.75 Å². The lowest BCUT2D eigenvalue weighted by molar-refractivity contribution is 0.162. The first kappa shape index (κ1) is 11.3. The number of nitrogens with two attached hydrogens (primary N) is 1. The molecule has 0 aromatic heterocycles. The predicted octanol–water partition coefficient (Wildman–Crippen LogP) is 1.73. The van der Waals surface area contributed by atoms with Gasteiger partial charge >= 0.3 is 0 Å². The Labute approximate surface area is 88.4 Å². The second kappa shape index (κ2) is 4.64. The van der Waals surface area contributed by atoms with Crippen molar-refractivity contribution in [3.8, 4) is 5.75 Å². The minimum Gasteiger partial charge on any atom is -0.496 e. The predicted molar refractivity (Wildman–Crippen MR) is 56.6 cm³/mol. The largest absolute Gasteiger partial charge is 0.496 e. The molecule has 0 fully saturated rings. The van der Waals surface area contributed by atoms with Crippen molar-refractivity contribution in [1.29, 1.82) is 0 Å². The summed E-state index contributed by atoms with van der Waals surface area (Å²) in [6.45, 7) is 1.63. The zero-order chi connectivity index (χ0) is 10.7. The topological polar surface area (TPSA) is 55.5 Å². The van der Waals surface area contributed by atoms with Crippen LogP contribution in [0, 0.1) is 0 Å². The highest BCUT2D eigenvalue weighted by atomic mass is 35.5. The van der Waals surface area contributed by atoms with Gasteiger partial charge in [0.2, 0.25) is 0 Å². The van der Waals surface area contributed by atoms with Crippen LogP contribution in [0.3, 0.4) is 0 Å². The quantitative estimate of drug-likeness (QED) is 0.808. The van der Waals surface area contributed by atoms with Crippen LogP contribution in [-0.4, -0.2) is 18.3 Å². The molecule has 1 rings (SSSR count). The minimum atomic E-state index is -0.637. The number of halogens is 1. The van der Waals surface area contributed by atoms with E-state index < -0.39 is 12.1 Å². The molecule has 0 aliphatic rings. The summed E-state index contributed by atoms with van der Waals surface area (Å²) in [6, 6.07) is 4.68. The second-order valence-electron chi connectivity index (χ2n) is 3.15. The summed E-state index contributed by atoms with van der Waals surface area (Å²) in [4.78, 5) is 0. The number of hydrogen-bond donors (Lipinski definition) is 2. The standard InChI is InChI=1S/C10H14ClNO2/c1-6(13)10(12)8-5-7(11)3-4-9(8)14-2/h3-6,10,13H,12H2,1-2H3/t6?,10-/m0/s1. The minimum absolute atomic E-state index is 0.483. The third-order valence-electron chi connectivity index (χ3n) is 2.07. The van der Waals surface area contributed by atoms with E-state index in [4.69, 9.17) is 22.1 Å². The first-order valence-electron chi connectivity index (χ1n) is 4.33. The Morgan fingerprint density at radius 2 is 2.14 bits per heavy atom. The van der Waals surface area contributed by atoms with Gasteiger partial charge in [-0.2, -0.15) is 0 Å². The Kier molecular flexibility index (Phi) is 3.75. The van der Waals surface area contributed by atoms with Gasteiger partial charge in [-0.25, -0.2) is 0 Å². The summed E-state index contributed by atoms with van der Waals surface area (Å²) in [5, 5.41) is 9.94. The number of ether oxygens (including phenoxy) is 1. The van der Waals surface area contributed by atoms with E-state index in [0.717, 1.165) is 5.56 Å². The fourth-order valence-electron chi connectivity index (χ4n) is 1.23. The van der Waals surface area contributed by atoms with Gasteiger partial charge in [0.25, 0.3) is 0 Å². The summed E-state index contributed by atoms with van der Waals surface area (Å²) < 4.78 is 5.12. The fraction of sp³-hybridized carbons (Fsp3) is 0.400. The van der Waals surface area contributed by atoms with Crippen molar-refractivity contribution in [1.82, 2.24) is 0 Å². The van der Waals surface area contributed by atoms with Crippen molar-refractivity contribution < 1.29 is 9.84 Å². The molecule has 0 saturated carbocycles. The molecule has 0 bridgehead atoms. The van der Waals surface area contributed by atoms with Gasteiger partial charge in [0, 0.05) is 10.6 Å². The van der Waals surface area contributed by atoms with Crippen LogP contribution < -0.4 is 10.5 Å². The van der Waals surface area contributed by atoms with Crippen molar-refractivity contribution >= 4 is 11.6 Å². The number of aliphatic hydroxyl groups excluding tert-OH is 1. The Morgan fingerprint density at radius 3 is 2.64 bits per heavy atom. The monoisotopic (exact) mass is 215 g/mol. The highest BCUT2D eigenvalue weighted by Gasteiger charge is 2.16. The van der Waals surface area contributed by atoms with E-state index in [1.54, 1.807) is 32.2 Å². The van der Waals surface area contributed by atoms with E-state index in [2.05, 4.69) is 0 Å². The summed E-state index contributed by atoms with van der Waals surface area (Å²) >= 11 is 5.83. The molecule has 78 valence electrons. The molecule has 3 N–H and O–H groups in total. The third-order valence-corrected chi connectivity index (χ3v) is 2.31. The van der Waals surface area contributed by atoms with Crippen molar-refractivity contribution in [3.05, 3.63) is 28.8 Å². The van der Waals surface area contributed by atoms with E-state index in [-0.39, 0.29) is 0 Å². The lowest BCUT2D eigenvalue weighted by Gasteiger charge is -2.18. The van der Waals surface area contributed by atoms with Crippen molar-refractivity contribution in [3.63, 3.8) is 0 Å². The van der Waals surface area contributed by atoms with Gasteiger partial charge in [-0.05, 0) is 25.1 Å². The summed E-state index contributed by atoms with van der Waals surface area (Å²) in [6.07, 6.45) is -0.637. The summed E-state index contributed by atoms with van der Waals surface area (Å²) in [5.41, 5.74) is 6.51. The number of benzene rings is 1. The molecule has 1 aromatic rings. The fourth-order valence-corrected chi connectivity index (χ4v) is 1.41. The molecule has 0 aliphatic heterocycles. The van der Waals surface area contributed by atoms with Crippen LogP contribution >= 0.6 is 11.6 Å². The Bertz CT molecular complexity index is 315. The van der Waals surface area contributed by atoms with Crippen LogP contribution in [0.25, 0.3) is 0 Å². The van der Waals surface area contributed by atoms with Gasteiger partial charge in [0.05, 0.1) is 19.3 Å². The third kappa shape index (κ3) is 2.38. The van der Waals surface area contributed by atoms with Crippen LogP contribution in [0.4, 0.5) is 0 Å². The molecule has 14 heavy (non-hydrogen) atoms. The molecule has 3 nitrogen and oxygen atoms in total. The number of rotatable bonds is 3. The maximum absolute atomic E-state index is 9.36. The first-order chi connectivity index (χ1) is 6.56. The van der Waals surface area contributed by atoms with Gasteiger partial charge in [-0.1, -0.05) is 11.6 Å². The zero-order valence-electron chi connectivity index (χ0n) is 8.20. The SMILES string of the molecule is COc1ccc(Cl)cc1[C@@H](N)C(C)O. The molecule has 1 aromatic carbocycles. The smallest absolute Gasteiger partial charge is 0.123 e. The average Bonchev–Trinajstić information content (AvgIpc) is 2.16. The van der Waals surface area contributed by atoms with Gasteiger partial charge < -0.3 is 15.6 Å². The first-order valence-corrected chi connectivity index (χ1v) is 4.71. The van der Waals surface area contributed by atoms with Crippen LogP contribution in [0.2, 0.25) is 5.02 Å². The molecule has 0 amide bonds. The Balaban J connectivity index is 3.10. The Hall–Kier alpha value is -0.770. The molecule has 4 heteroatoms. The van der Waals surface area contributed by atoms with Gasteiger partial charge in [-0.15, -0.1) is 0 Å². The molecular weight excluding hydrogens is 202 g/mol. The van der Waals surface area contributed by atoms with E-state index >= 15 is 0 Å². The van der Waals surface area contributed by atoms with Crippen molar-refractivity contribution in [2.24, 2.45) is 5.73 Å². The van der Waals surface area contributed by atoms with Gasteiger partial charge in [-0.3, -0.25) is 0 Å². The van der Waals surface area contributed by atoms with Crippen molar-refractivity contribution in [2.45, 2.75) is 19.1 Å². The molecule has 0 spiro atoms. The van der Waals surface area contributed by atoms with E-state index in [1.807, 2.05) is 0 Å². The molecule has 2 atom stereocenters. The average molecular weight is 216 g/mol. The van der Waals surface area contributed by atoms with Crippen LogP contribution in [0.1, 0.15) is 18.5 Å². The number of methoxy groups -OCH3 is 1. The van der Waals surface area contributed by atoms with E-state index in [9.17, 15) is 5.11 Å². The summed E-state index contributed by atoms with van der Waals surface area (Å²) in [7, 11) is 1.56. The lowest BCUT2D eigenvalue weighted by Crippen LogP contribution is -2.23. The van der Waals surface area contributed by atoms with E-state index in [0.29, 0.717) is 10.8 Å². The number of hydrogen-bond acceptors (Lipinski definition) is 3. The normalized spacial score (nSPS) is 14.9. The molecular formula is C10H14ClNO2. The van der Waals surface area contributed by atoms with Gasteiger partial charge in [0.15, 0.2) is 0 Å². The van der Waals surface area contributed by atoms with Crippen molar-refractivity contribution in [2.75, 3.05) is 7.11 Å². The summed E-state index contributed by atoms with van der Waals surface area (Å²) in [5.74, 6) is 0.641. The molecule has 0 saturated heterocycles. The molecule has 1 unspecified atom stereocenters. The van der Waals surface area contributed by atoms with Crippen LogP contribution in [-0.2, 0) is 0 Å². The highest BCUT2D eigenvalue weighted by Crippen LogP contribution is 2.28. The maximum atomic E-state index is 9.36. The van der Waals surface area contributed by atoms with Crippen LogP contribution in [0.5, 0.6) is 5.75 Å². The lowest BCUT2D eigenvalue weighted by atomic mass is 10.0. The molecule has 0 radical (unpaired) electrons. The van der Waals surface area contributed by atoms with E-state index in [1.165, 1.54) is 0 Å². The maximum Gasteiger partial charge on any atom is 0.123 e. The zero-order valence-corrected chi connectivity index (χ0v) is 8.95. The second-order valence-corrected chi connectivity index (χ2v) is 3.59. The van der Waals surface area contributed by atoms with Crippen LogP contribution in [0.15, 0.2) is 18.2 Å². The molecule has 0 aliphatic carbocycles. The highest BCUT2D eigenvalue weighted by molar-refractivity contribution is 6.30. The number of aliphatic hydroxyl groups is 1. The molecule has 0 heterocycles.